The SMILES string of the molecule is O=C(CCC(F)(F)F)NCC1COCCN1. The van der Waals surface area contributed by atoms with Crippen LogP contribution in [0.5, 0.6) is 0 Å². The van der Waals surface area contributed by atoms with Gasteiger partial charge in [-0.2, -0.15) is 13.2 Å². The summed E-state index contributed by atoms with van der Waals surface area (Å²) in [6, 6.07) is -0.0106. The van der Waals surface area contributed by atoms with E-state index >= 15 is 0 Å². The largest absolute Gasteiger partial charge is 0.389 e. The number of rotatable bonds is 4. The third-order valence-electron chi connectivity index (χ3n) is 2.18. The Kier molecular flexibility index (Phi) is 5.01. The van der Waals surface area contributed by atoms with Crippen LogP contribution < -0.4 is 10.6 Å². The van der Waals surface area contributed by atoms with Crippen molar-refractivity contribution in [2.45, 2.75) is 25.1 Å². The van der Waals surface area contributed by atoms with Crippen LogP contribution in [0.4, 0.5) is 13.2 Å². The van der Waals surface area contributed by atoms with E-state index in [4.69, 9.17) is 4.74 Å². The van der Waals surface area contributed by atoms with Gasteiger partial charge in [-0.25, -0.2) is 0 Å². The van der Waals surface area contributed by atoms with Gasteiger partial charge in [0.2, 0.25) is 5.91 Å². The van der Waals surface area contributed by atoms with E-state index in [1.165, 1.54) is 0 Å². The summed E-state index contributed by atoms with van der Waals surface area (Å²) in [4.78, 5) is 11.1. The van der Waals surface area contributed by atoms with Crippen molar-refractivity contribution in [2.24, 2.45) is 0 Å². The van der Waals surface area contributed by atoms with Crippen LogP contribution in [0.15, 0.2) is 0 Å². The number of halogens is 3. The molecule has 1 atom stereocenters. The van der Waals surface area contributed by atoms with Gasteiger partial charge in [0.1, 0.15) is 0 Å². The first-order chi connectivity index (χ1) is 7.47. The van der Waals surface area contributed by atoms with Crippen molar-refractivity contribution in [3.8, 4) is 0 Å². The van der Waals surface area contributed by atoms with Gasteiger partial charge in [-0.1, -0.05) is 0 Å². The number of morpholine rings is 1. The molecular formula is C9H15F3N2O2. The molecule has 0 aromatic carbocycles. The zero-order valence-electron chi connectivity index (χ0n) is 8.77. The lowest BCUT2D eigenvalue weighted by atomic mass is 10.2. The number of nitrogens with one attached hydrogen (secondary N) is 2. The second-order valence-corrected chi connectivity index (χ2v) is 3.65. The maximum absolute atomic E-state index is 11.8. The fraction of sp³-hybridized carbons (Fsp3) is 0.889. The summed E-state index contributed by atoms with van der Waals surface area (Å²) in [6.07, 6.45) is -5.87. The molecule has 0 spiro atoms. The van der Waals surface area contributed by atoms with Crippen molar-refractivity contribution in [3.63, 3.8) is 0 Å². The van der Waals surface area contributed by atoms with Crippen LogP contribution in [0.25, 0.3) is 0 Å². The third kappa shape index (κ3) is 5.92. The van der Waals surface area contributed by atoms with E-state index in [0.29, 0.717) is 26.3 Å². The summed E-state index contributed by atoms with van der Waals surface area (Å²) in [5.74, 6) is -0.579. The molecule has 0 aromatic heterocycles. The van der Waals surface area contributed by atoms with Crippen LogP contribution in [0.3, 0.4) is 0 Å². The molecule has 16 heavy (non-hydrogen) atoms. The highest BCUT2D eigenvalue weighted by molar-refractivity contribution is 5.75. The van der Waals surface area contributed by atoms with Gasteiger partial charge in [0, 0.05) is 25.6 Å². The average molecular weight is 240 g/mol. The molecule has 2 N–H and O–H groups in total. The molecule has 0 aliphatic carbocycles. The van der Waals surface area contributed by atoms with Crippen molar-refractivity contribution in [3.05, 3.63) is 0 Å². The molecule has 1 unspecified atom stereocenters. The molecule has 0 bridgehead atoms. The second kappa shape index (κ2) is 6.05. The van der Waals surface area contributed by atoms with Gasteiger partial charge in [-0.3, -0.25) is 4.79 Å². The molecule has 1 amide bonds. The average Bonchev–Trinajstić information content (AvgIpc) is 2.24. The summed E-state index contributed by atoms with van der Waals surface area (Å²) in [5.41, 5.74) is 0. The summed E-state index contributed by atoms with van der Waals surface area (Å²) in [7, 11) is 0. The lowest BCUT2D eigenvalue weighted by Gasteiger charge is -2.23. The van der Waals surface area contributed by atoms with Crippen LogP contribution >= 0.6 is 0 Å². The monoisotopic (exact) mass is 240 g/mol. The quantitative estimate of drug-likeness (QED) is 0.749. The highest BCUT2D eigenvalue weighted by Gasteiger charge is 2.27. The summed E-state index contributed by atoms with van der Waals surface area (Å²) in [5, 5.41) is 5.53. The van der Waals surface area contributed by atoms with Gasteiger partial charge in [0.15, 0.2) is 0 Å². The van der Waals surface area contributed by atoms with E-state index in [-0.39, 0.29) is 6.04 Å². The number of carbonyl (C=O) groups excluding carboxylic acids is 1. The van der Waals surface area contributed by atoms with E-state index in [9.17, 15) is 18.0 Å². The van der Waals surface area contributed by atoms with E-state index in [0.717, 1.165) is 0 Å². The lowest BCUT2D eigenvalue weighted by molar-refractivity contribution is -0.144. The summed E-state index contributed by atoms with van der Waals surface area (Å²) < 4.78 is 40.5. The predicted octanol–water partition coefficient (Wildman–Crippen LogP) is 0.433. The molecule has 4 nitrogen and oxygen atoms in total. The van der Waals surface area contributed by atoms with Gasteiger partial charge < -0.3 is 15.4 Å². The van der Waals surface area contributed by atoms with E-state index in [1.807, 2.05) is 0 Å². The smallest absolute Gasteiger partial charge is 0.378 e. The first-order valence-electron chi connectivity index (χ1n) is 5.12. The van der Waals surface area contributed by atoms with Gasteiger partial charge in [-0.15, -0.1) is 0 Å². The standard InChI is InChI=1S/C9H15F3N2O2/c10-9(11,12)2-1-8(15)14-5-7-6-16-4-3-13-7/h7,13H,1-6H2,(H,14,15). The zero-order valence-corrected chi connectivity index (χ0v) is 8.77. The van der Waals surface area contributed by atoms with E-state index in [1.54, 1.807) is 0 Å². The molecule has 0 aromatic rings. The lowest BCUT2D eigenvalue weighted by Crippen LogP contribution is -2.48. The maximum atomic E-state index is 11.8. The number of alkyl halides is 3. The molecule has 7 heteroatoms. The first kappa shape index (κ1) is 13.2. The van der Waals surface area contributed by atoms with Crippen LogP contribution in [-0.2, 0) is 9.53 Å². The highest BCUT2D eigenvalue weighted by atomic mass is 19.4. The molecule has 1 heterocycles. The molecule has 1 fully saturated rings. The highest BCUT2D eigenvalue weighted by Crippen LogP contribution is 2.20. The van der Waals surface area contributed by atoms with Crippen molar-refractivity contribution < 1.29 is 22.7 Å². The fourth-order valence-electron chi connectivity index (χ4n) is 1.33. The first-order valence-corrected chi connectivity index (χ1v) is 5.12. The summed E-state index contributed by atoms with van der Waals surface area (Å²) in [6.45, 7) is 2.10. The molecule has 1 aliphatic heterocycles. The van der Waals surface area contributed by atoms with Gasteiger partial charge in [0.25, 0.3) is 0 Å². The van der Waals surface area contributed by atoms with E-state index < -0.39 is 24.9 Å². The topological polar surface area (TPSA) is 50.4 Å². The molecule has 1 saturated heterocycles. The molecule has 94 valence electrons. The van der Waals surface area contributed by atoms with Crippen LogP contribution in [0, 0.1) is 0 Å². The maximum Gasteiger partial charge on any atom is 0.389 e. The van der Waals surface area contributed by atoms with Gasteiger partial charge in [-0.05, 0) is 0 Å². The molecule has 0 saturated carbocycles. The Bertz CT molecular complexity index is 227. The van der Waals surface area contributed by atoms with Crippen molar-refractivity contribution >= 4 is 5.91 Å². The zero-order chi connectivity index (χ0) is 12.0. The Morgan fingerprint density at radius 3 is 2.81 bits per heavy atom. The van der Waals surface area contributed by atoms with Crippen molar-refractivity contribution in [2.75, 3.05) is 26.3 Å². The van der Waals surface area contributed by atoms with Gasteiger partial charge in [0.05, 0.1) is 19.6 Å². The normalized spacial score (nSPS) is 21.8. The number of amides is 1. The third-order valence-corrected chi connectivity index (χ3v) is 2.18. The van der Waals surface area contributed by atoms with Gasteiger partial charge >= 0.3 is 6.18 Å². The number of ether oxygens (including phenoxy) is 1. The second-order valence-electron chi connectivity index (χ2n) is 3.65. The van der Waals surface area contributed by atoms with Crippen molar-refractivity contribution in [1.29, 1.82) is 0 Å². The van der Waals surface area contributed by atoms with Crippen molar-refractivity contribution in [1.82, 2.24) is 10.6 Å². The minimum Gasteiger partial charge on any atom is -0.378 e. The minimum atomic E-state index is -4.27. The Morgan fingerprint density at radius 2 is 2.25 bits per heavy atom. The molecule has 0 radical (unpaired) electrons. The van der Waals surface area contributed by atoms with E-state index in [2.05, 4.69) is 10.6 Å². The van der Waals surface area contributed by atoms with Crippen LogP contribution in [-0.4, -0.2) is 44.4 Å². The van der Waals surface area contributed by atoms with Crippen LogP contribution in [0.2, 0.25) is 0 Å². The molecule has 1 aliphatic rings. The molecule has 1 rings (SSSR count). The Hall–Kier alpha value is -0.820. The Morgan fingerprint density at radius 1 is 1.50 bits per heavy atom. The number of carbonyl (C=O) groups is 1. The fourth-order valence-corrected chi connectivity index (χ4v) is 1.33. The number of hydrogen-bond donors (Lipinski definition) is 2. The van der Waals surface area contributed by atoms with Crippen LogP contribution in [0.1, 0.15) is 12.8 Å². The summed E-state index contributed by atoms with van der Waals surface area (Å²) >= 11 is 0. The minimum absolute atomic E-state index is 0.0106. The number of hydrogen-bond acceptors (Lipinski definition) is 3. The molecular weight excluding hydrogens is 225 g/mol. The Labute approximate surface area is 91.5 Å². The Balaban J connectivity index is 2.09. The predicted molar refractivity (Wildman–Crippen MR) is 50.9 cm³/mol.